The fourth-order valence-corrected chi connectivity index (χ4v) is 4.47. The molecular weight excluding hydrogens is 414 g/mol. The lowest BCUT2D eigenvalue weighted by atomic mass is 9.90. The van der Waals surface area contributed by atoms with Gasteiger partial charge in [0.15, 0.2) is 0 Å². The van der Waals surface area contributed by atoms with E-state index in [0.29, 0.717) is 10.6 Å². The maximum absolute atomic E-state index is 13.1. The summed E-state index contributed by atoms with van der Waals surface area (Å²) >= 11 is 6.09. The number of nitrogens with two attached hydrogens (primary N) is 1. The Morgan fingerprint density at radius 3 is 2.16 bits per heavy atom. The highest BCUT2D eigenvalue weighted by atomic mass is 35.5. The van der Waals surface area contributed by atoms with Gasteiger partial charge in [-0.1, -0.05) is 72.3 Å². The molecule has 0 spiro atoms. The maximum atomic E-state index is 13.1. The summed E-state index contributed by atoms with van der Waals surface area (Å²) in [5.74, 6) is -2.65. The third-order valence-electron chi connectivity index (χ3n) is 5.66. The first-order valence-electron chi connectivity index (χ1n) is 10.0. The molecule has 0 radical (unpaired) electrons. The van der Waals surface area contributed by atoms with Crippen molar-refractivity contribution in [3.8, 4) is 11.1 Å². The molecular formula is C25H22ClNO4. The number of fused-ring (bicyclic) bond motifs is 3. The van der Waals surface area contributed by atoms with Crippen LogP contribution in [0.4, 0.5) is 0 Å². The molecule has 4 rings (SSSR count). The van der Waals surface area contributed by atoms with Crippen molar-refractivity contribution in [2.75, 3.05) is 6.61 Å². The SMILES string of the molecule is N[C@@H](CC(=O)O)[C@@H](C(=O)OCC1c2ccccc2-c2ccccc21)c1cccc(Cl)c1. The van der Waals surface area contributed by atoms with Crippen LogP contribution in [0.25, 0.3) is 11.1 Å². The Bertz CT molecular complexity index is 1080. The minimum Gasteiger partial charge on any atom is -0.481 e. The fraction of sp³-hybridized carbons (Fsp3) is 0.200. The summed E-state index contributed by atoms with van der Waals surface area (Å²) in [7, 11) is 0. The molecule has 3 aromatic rings. The van der Waals surface area contributed by atoms with E-state index in [9.17, 15) is 14.7 Å². The number of hydrogen-bond donors (Lipinski definition) is 2. The van der Waals surface area contributed by atoms with E-state index in [0.717, 1.165) is 22.3 Å². The standard InChI is InChI=1S/C25H22ClNO4/c26-16-7-5-6-15(12-16)24(22(27)13-23(28)29)25(30)31-14-21-19-10-3-1-8-17(19)18-9-2-4-11-20(18)21/h1-12,21-22,24H,13-14,27H2,(H,28,29)/t22-,24-/m0/s1. The Hall–Kier alpha value is -3.15. The first-order chi connectivity index (χ1) is 15.0. The predicted octanol–water partition coefficient (Wildman–Crippen LogP) is 4.58. The van der Waals surface area contributed by atoms with Gasteiger partial charge in [-0.25, -0.2) is 0 Å². The van der Waals surface area contributed by atoms with E-state index in [1.54, 1.807) is 24.3 Å². The topological polar surface area (TPSA) is 89.6 Å². The molecule has 5 nitrogen and oxygen atoms in total. The Labute approximate surface area is 185 Å². The Balaban J connectivity index is 1.59. The van der Waals surface area contributed by atoms with Crippen LogP contribution >= 0.6 is 11.6 Å². The van der Waals surface area contributed by atoms with Crippen LogP contribution in [0.1, 0.15) is 34.9 Å². The smallest absolute Gasteiger partial charge is 0.315 e. The molecule has 0 saturated heterocycles. The second kappa shape index (κ2) is 8.92. The number of carboxylic acid groups (broad SMARTS) is 1. The van der Waals surface area contributed by atoms with E-state index in [2.05, 4.69) is 12.1 Å². The molecule has 158 valence electrons. The third kappa shape index (κ3) is 4.33. The number of aliphatic carboxylic acids is 1. The zero-order valence-electron chi connectivity index (χ0n) is 16.7. The van der Waals surface area contributed by atoms with Crippen molar-refractivity contribution in [2.24, 2.45) is 5.73 Å². The average molecular weight is 436 g/mol. The van der Waals surface area contributed by atoms with Crippen LogP contribution in [0, 0.1) is 0 Å². The number of halogens is 1. The normalized spacial score (nSPS) is 14.4. The molecule has 3 aromatic carbocycles. The highest BCUT2D eigenvalue weighted by molar-refractivity contribution is 6.30. The van der Waals surface area contributed by atoms with Gasteiger partial charge in [-0.15, -0.1) is 0 Å². The van der Waals surface area contributed by atoms with Gasteiger partial charge < -0.3 is 15.6 Å². The molecule has 1 aliphatic rings. The number of carboxylic acids is 1. The third-order valence-corrected chi connectivity index (χ3v) is 5.89. The summed E-state index contributed by atoms with van der Waals surface area (Å²) in [4.78, 5) is 24.3. The summed E-state index contributed by atoms with van der Waals surface area (Å²) in [6.45, 7) is 0.143. The molecule has 3 N–H and O–H groups in total. The van der Waals surface area contributed by atoms with Crippen LogP contribution in [-0.4, -0.2) is 29.7 Å². The number of benzene rings is 3. The average Bonchev–Trinajstić information content (AvgIpc) is 3.06. The van der Waals surface area contributed by atoms with Gasteiger partial charge in [0.25, 0.3) is 0 Å². The maximum Gasteiger partial charge on any atom is 0.315 e. The van der Waals surface area contributed by atoms with E-state index in [1.807, 2.05) is 36.4 Å². The molecule has 0 bridgehead atoms. The second-order valence-electron chi connectivity index (χ2n) is 7.65. The van der Waals surface area contributed by atoms with E-state index in [4.69, 9.17) is 22.1 Å². The molecule has 0 fully saturated rings. The monoisotopic (exact) mass is 435 g/mol. The van der Waals surface area contributed by atoms with Gasteiger partial charge in [-0.3, -0.25) is 9.59 Å². The number of carbonyl (C=O) groups excluding carboxylic acids is 1. The van der Waals surface area contributed by atoms with E-state index in [-0.39, 0.29) is 18.9 Å². The number of rotatable bonds is 7. The van der Waals surface area contributed by atoms with Crippen molar-refractivity contribution >= 4 is 23.5 Å². The van der Waals surface area contributed by atoms with Crippen molar-refractivity contribution in [3.05, 3.63) is 94.5 Å². The summed E-state index contributed by atoms with van der Waals surface area (Å²) in [6.07, 6.45) is -0.360. The van der Waals surface area contributed by atoms with Crippen LogP contribution in [0.5, 0.6) is 0 Å². The van der Waals surface area contributed by atoms with Crippen LogP contribution in [0.15, 0.2) is 72.8 Å². The Morgan fingerprint density at radius 2 is 1.58 bits per heavy atom. The van der Waals surface area contributed by atoms with Gasteiger partial charge in [0.2, 0.25) is 0 Å². The molecule has 31 heavy (non-hydrogen) atoms. The molecule has 0 heterocycles. The fourth-order valence-electron chi connectivity index (χ4n) is 4.27. The van der Waals surface area contributed by atoms with Crippen molar-refractivity contribution in [3.63, 3.8) is 0 Å². The zero-order chi connectivity index (χ0) is 22.0. The van der Waals surface area contributed by atoms with E-state index in [1.165, 1.54) is 0 Å². The minimum absolute atomic E-state index is 0.0907. The van der Waals surface area contributed by atoms with Gasteiger partial charge in [-0.05, 0) is 39.9 Å². The van der Waals surface area contributed by atoms with Gasteiger partial charge in [0.1, 0.15) is 6.61 Å². The first kappa shape index (κ1) is 21.1. The summed E-state index contributed by atoms with van der Waals surface area (Å²) in [5.41, 5.74) is 11.1. The highest BCUT2D eigenvalue weighted by Gasteiger charge is 2.33. The van der Waals surface area contributed by atoms with Gasteiger partial charge in [0, 0.05) is 17.0 Å². The number of hydrogen-bond acceptors (Lipinski definition) is 4. The molecule has 0 unspecified atom stereocenters. The lowest BCUT2D eigenvalue weighted by Crippen LogP contribution is -2.37. The van der Waals surface area contributed by atoms with Crippen molar-refractivity contribution < 1.29 is 19.4 Å². The summed E-state index contributed by atoms with van der Waals surface area (Å²) in [5, 5.41) is 9.62. The lowest BCUT2D eigenvalue weighted by molar-refractivity contribution is -0.146. The largest absolute Gasteiger partial charge is 0.481 e. The Kier molecular flexibility index (Phi) is 6.07. The molecule has 0 amide bonds. The summed E-state index contributed by atoms with van der Waals surface area (Å²) < 4.78 is 5.74. The van der Waals surface area contributed by atoms with Crippen LogP contribution in [0.2, 0.25) is 5.02 Å². The molecule has 0 saturated carbocycles. The van der Waals surface area contributed by atoms with Crippen molar-refractivity contribution in [1.29, 1.82) is 0 Å². The molecule has 0 aliphatic heterocycles. The molecule has 1 aliphatic carbocycles. The highest BCUT2D eigenvalue weighted by Crippen LogP contribution is 2.44. The number of carbonyl (C=O) groups is 2. The van der Waals surface area contributed by atoms with E-state index < -0.39 is 23.9 Å². The van der Waals surface area contributed by atoms with Crippen molar-refractivity contribution in [2.45, 2.75) is 24.3 Å². The van der Waals surface area contributed by atoms with E-state index >= 15 is 0 Å². The van der Waals surface area contributed by atoms with Crippen LogP contribution < -0.4 is 5.73 Å². The van der Waals surface area contributed by atoms with Crippen molar-refractivity contribution in [1.82, 2.24) is 0 Å². The molecule has 6 heteroatoms. The number of esters is 1. The van der Waals surface area contributed by atoms with Crippen LogP contribution in [0.3, 0.4) is 0 Å². The van der Waals surface area contributed by atoms with Crippen LogP contribution in [-0.2, 0) is 14.3 Å². The quantitative estimate of drug-likeness (QED) is 0.530. The second-order valence-corrected chi connectivity index (χ2v) is 8.09. The van der Waals surface area contributed by atoms with Gasteiger partial charge >= 0.3 is 11.9 Å². The molecule has 0 aromatic heterocycles. The summed E-state index contributed by atoms with van der Waals surface area (Å²) in [6, 6.07) is 21.9. The van der Waals surface area contributed by atoms with Gasteiger partial charge in [-0.2, -0.15) is 0 Å². The number of ether oxygens (including phenoxy) is 1. The first-order valence-corrected chi connectivity index (χ1v) is 10.4. The van der Waals surface area contributed by atoms with Gasteiger partial charge in [0.05, 0.1) is 12.3 Å². The Morgan fingerprint density at radius 1 is 0.968 bits per heavy atom. The minimum atomic E-state index is -1.08. The zero-order valence-corrected chi connectivity index (χ0v) is 17.5. The lowest BCUT2D eigenvalue weighted by Gasteiger charge is -2.23. The molecule has 2 atom stereocenters. The predicted molar refractivity (Wildman–Crippen MR) is 119 cm³/mol.